The molecular weight excluding hydrogens is 442 g/mol. The normalized spacial score (nSPS) is 20.3. The predicted octanol–water partition coefficient (Wildman–Crippen LogP) is 2.66. The fraction of sp³-hybridized carbons (Fsp3) is 0.407. The monoisotopic (exact) mass is 471 g/mol. The van der Waals surface area contributed by atoms with Crippen LogP contribution in [0.25, 0.3) is 5.52 Å². The van der Waals surface area contributed by atoms with E-state index < -0.39 is 5.41 Å². The van der Waals surface area contributed by atoms with E-state index in [1.807, 2.05) is 30.3 Å². The second-order valence-corrected chi connectivity index (χ2v) is 9.42. The van der Waals surface area contributed by atoms with Gasteiger partial charge >= 0.3 is 0 Å². The van der Waals surface area contributed by atoms with E-state index in [1.165, 1.54) is 0 Å². The molecule has 1 N–H and O–H groups in total. The van der Waals surface area contributed by atoms with Gasteiger partial charge in [0.15, 0.2) is 0 Å². The highest BCUT2D eigenvalue weighted by atomic mass is 16.5. The van der Waals surface area contributed by atoms with E-state index in [0.717, 1.165) is 42.7 Å². The number of carbonyl (C=O) groups excluding carboxylic acids is 1. The van der Waals surface area contributed by atoms with Crippen LogP contribution >= 0.6 is 0 Å². The van der Waals surface area contributed by atoms with Gasteiger partial charge in [-0.25, -0.2) is 0 Å². The van der Waals surface area contributed by atoms with Crippen molar-refractivity contribution in [2.45, 2.75) is 43.7 Å². The quantitative estimate of drug-likeness (QED) is 0.614. The van der Waals surface area contributed by atoms with Gasteiger partial charge in [0.25, 0.3) is 11.5 Å². The molecular formula is C27H29N5O3. The molecule has 0 saturated carbocycles. The Kier molecular flexibility index (Phi) is 6.62. The van der Waals surface area contributed by atoms with Gasteiger partial charge in [0.1, 0.15) is 11.0 Å². The van der Waals surface area contributed by atoms with Gasteiger partial charge < -0.3 is 10.1 Å². The maximum absolute atomic E-state index is 13.2. The SMILES string of the molecule is N#CC1(c2ccccn2)CCN(Cc2cc(C(=O)N[C@@H]3CCCOC3)c(=O)n3ccccc23)CC1. The summed E-state index contributed by atoms with van der Waals surface area (Å²) in [6.07, 6.45) is 6.55. The number of hydrogen-bond acceptors (Lipinski definition) is 6. The van der Waals surface area contributed by atoms with Crippen LogP contribution in [0.15, 0.2) is 59.7 Å². The highest BCUT2D eigenvalue weighted by Crippen LogP contribution is 2.34. The number of nitrogens with one attached hydrogen (secondary N) is 1. The number of amides is 1. The number of rotatable bonds is 5. The van der Waals surface area contributed by atoms with Crippen molar-refractivity contribution in [3.05, 3.63) is 82.0 Å². The van der Waals surface area contributed by atoms with E-state index in [-0.39, 0.29) is 23.1 Å². The molecule has 3 aromatic rings. The summed E-state index contributed by atoms with van der Waals surface area (Å²) in [5, 5.41) is 12.9. The third-order valence-electron chi connectivity index (χ3n) is 7.17. The summed E-state index contributed by atoms with van der Waals surface area (Å²) in [4.78, 5) is 32.9. The largest absolute Gasteiger partial charge is 0.379 e. The first-order valence-electron chi connectivity index (χ1n) is 12.2. The molecule has 0 aliphatic carbocycles. The minimum Gasteiger partial charge on any atom is -0.379 e. The van der Waals surface area contributed by atoms with Crippen molar-refractivity contribution in [1.82, 2.24) is 19.6 Å². The molecule has 8 nitrogen and oxygen atoms in total. The molecule has 180 valence electrons. The fourth-order valence-electron chi connectivity index (χ4n) is 5.13. The van der Waals surface area contributed by atoms with Crippen molar-refractivity contribution in [3.63, 3.8) is 0 Å². The van der Waals surface area contributed by atoms with Crippen molar-refractivity contribution >= 4 is 11.4 Å². The first-order valence-corrected chi connectivity index (χ1v) is 12.2. The Labute approximate surface area is 204 Å². The maximum Gasteiger partial charge on any atom is 0.267 e. The molecule has 0 aromatic carbocycles. The molecule has 3 aromatic heterocycles. The van der Waals surface area contributed by atoms with Crippen molar-refractivity contribution in [3.8, 4) is 6.07 Å². The number of aromatic nitrogens is 2. The summed E-state index contributed by atoms with van der Waals surface area (Å²) < 4.78 is 7.02. The lowest BCUT2D eigenvalue weighted by atomic mass is 9.76. The second kappa shape index (κ2) is 9.98. The number of hydrogen-bond donors (Lipinski definition) is 1. The van der Waals surface area contributed by atoms with Crippen LogP contribution in [-0.2, 0) is 16.7 Å². The Bertz CT molecular complexity index is 1300. The number of fused-ring (bicyclic) bond motifs is 1. The van der Waals surface area contributed by atoms with Gasteiger partial charge in [0, 0.05) is 38.6 Å². The third-order valence-corrected chi connectivity index (χ3v) is 7.17. The van der Waals surface area contributed by atoms with Crippen LogP contribution in [-0.4, -0.2) is 52.5 Å². The number of likely N-dealkylation sites (tertiary alicyclic amines) is 1. The Morgan fingerprint density at radius 3 is 2.77 bits per heavy atom. The molecule has 2 saturated heterocycles. The molecule has 1 atom stereocenters. The number of nitrogens with zero attached hydrogens (tertiary/aromatic N) is 4. The average molecular weight is 472 g/mol. The van der Waals surface area contributed by atoms with Crippen LogP contribution < -0.4 is 10.9 Å². The van der Waals surface area contributed by atoms with Crippen molar-refractivity contribution in [2.75, 3.05) is 26.3 Å². The van der Waals surface area contributed by atoms with Crippen molar-refractivity contribution < 1.29 is 9.53 Å². The molecule has 1 amide bonds. The number of pyridine rings is 3. The average Bonchev–Trinajstić information content (AvgIpc) is 2.92. The summed E-state index contributed by atoms with van der Waals surface area (Å²) in [6, 6.07) is 15.5. The van der Waals surface area contributed by atoms with Crippen molar-refractivity contribution in [2.24, 2.45) is 0 Å². The first kappa shape index (κ1) is 23.2. The topological polar surface area (TPSA) is 99.7 Å². The lowest BCUT2D eigenvalue weighted by Crippen LogP contribution is -2.43. The predicted molar refractivity (Wildman–Crippen MR) is 131 cm³/mol. The van der Waals surface area contributed by atoms with Crippen LogP contribution in [0.2, 0.25) is 0 Å². The highest BCUT2D eigenvalue weighted by Gasteiger charge is 2.37. The van der Waals surface area contributed by atoms with E-state index >= 15 is 0 Å². The van der Waals surface area contributed by atoms with E-state index in [4.69, 9.17) is 4.74 Å². The van der Waals surface area contributed by atoms with Gasteiger partial charge in [-0.2, -0.15) is 5.26 Å². The lowest BCUT2D eigenvalue weighted by molar-refractivity contribution is 0.0623. The summed E-state index contributed by atoms with van der Waals surface area (Å²) >= 11 is 0. The highest BCUT2D eigenvalue weighted by molar-refractivity contribution is 5.94. The van der Waals surface area contributed by atoms with E-state index in [2.05, 4.69) is 21.3 Å². The molecule has 5 rings (SSSR count). The standard InChI is InChI=1S/C27H29N5O3/c28-19-27(24-8-1-3-11-29-24)9-13-31(14-10-27)17-20-16-22(25(33)30-21-6-5-15-35-18-21)26(34)32-12-4-2-7-23(20)32/h1-4,7-8,11-12,16,21H,5-6,9-10,13-15,17-18H2,(H,30,33)/t21-/m1/s1. The third kappa shape index (κ3) is 4.70. The summed E-state index contributed by atoms with van der Waals surface area (Å²) in [5.74, 6) is -0.359. The molecule has 0 bridgehead atoms. The maximum atomic E-state index is 13.2. The van der Waals surface area contributed by atoms with Crippen molar-refractivity contribution in [1.29, 1.82) is 5.26 Å². The molecule has 35 heavy (non-hydrogen) atoms. The van der Waals surface area contributed by atoms with Crippen LogP contribution in [0.3, 0.4) is 0 Å². The molecule has 2 fully saturated rings. The lowest BCUT2D eigenvalue weighted by Gasteiger charge is -2.37. The Morgan fingerprint density at radius 1 is 1.23 bits per heavy atom. The van der Waals surface area contributed by atoms with Crippen LogP contribution in [0, 0.1) is 11.3 Å². The minimum absolute atomic E-state index is 0.0802. The van der Waals surface area contributed by atoms with Crippen LogP contribution in [0.1, 0.15) is 47.3 Å². The minimum atomic E-state index is -0.583. The number of carbonyl (C=O) groups is 1. The molecule has 0 unspecified atom stereocenters. The van der Waals surface area contributed by atoms with Crippen LogP contribution in [0.5, 0.6) is 0 Å². The van der Waals surface area contributed by atoms with Gasteiger partial charge in [-0.15, -0.1) is 0 Å². The molecule has 5 heterocycles. The zero-order valence-electron chi connectivity index (χ0n) is 19.7. The smallest absolute Gasteiger partial charge is 0.267 e. The molecule has 2 aliphatic heterocycles. The summed E-state index contributed by atoms with van der Waals surface area (Å²) in [5.41, 5.74) is 1.77. The van der Waals surface area contributed by atoms with Gasteiger partial charge in [-0.3, -0.25) is 23.9 Å². The van der Waals surface area contributed by atoms with E-state index in [9.17, 15) is 14.9 Å². The number of nitriles is 1. The van der Waals surface area contributed by atoms with Gasteiger partial charge in [0.2, 0.25) is 0 Å². The number of ether oxygens (including phenoxy) is 1. The van der Waals surface area contributed by atoms with Crippen LogP contribution in [0.4, 0.5) is 0 Å². The van der Waals surface area contributed by atoms with Gasteiger partial charge in [0.05, 0.1) is 29.9 Å². The van der Waals surface area contributed by atoms with E-state index in [0.29, 0.717) is 32.6 Å². The van der Waals surface area contributed by atoms with Gasteiger partial charge in [-0.1, -0.05) is 12.1 Å². The molecule has 0 radical (unpaired) electrons. The number of piperidine rings is 1. The Hall–Kier alpha value is -3.54. The summed E-state index contributed by atoms with van der Waals surface area (Å²) in [7, 11) is 0. The fourth-order valence-corrected chi connectivity index (χ4v) is 5.13. The Balaban J connectivity index is 1.38. The Morgan fingerprint density at radius 2 is 2.06 bits per heavy atom. The van der Waals surface area contributed by atoms with Gasteiger partial charge in [-0.05, 0) is 61.6 Å². The molecule has 8 heteroatoms. The molecule has 0 spiro atoms. The van der Waals surface area contributed by atoms with E-state index in [1.54, 1.807) is 28.9 Å². The zero-order valence-corrected chi connectivity index (χ0v) is 19.7. The first-order chi connectivity index (χ1) is 17.1. The second-order valence-electron chi connectivity index (χ2n) is 9.42. The summed E-state index contributed by atoms with van der Waals surface area (Å²) in [6.45, 7) is 3.22. The zero-order chi connectivity index (χ0) is 24.3. The molecule has 2 aliphatic rings.